The van der Waals surface area contributed by atoms with Crippen LogP contribution in [-0.4, -0.2) is 20.1 Å². The molecule has 0 spiro atoms. The van der Waals surface area contributed by atoms with Crippen LogP contribution in [0, 0.1) is 3.57 Å². The molecule has 0 fully saturated rings. The van der Waals surface area contributed by atoms with Gasteiger partial charge in [-0.25, -0.2) is 0 Å². The molecule has 1 amide bonds. The van der Waals surface area contributed by atoms with Crippen LogP contribution in [0.25, 0.3) is 0 Å². The fourth-order valence-electron chi connectivity index (χ4n) is 1.71. The topological polar surface area (TPSA) is 47.6 Å². The maximum Gasteiger partial charge on any atom is 0.255 e. The van der Waals surface area contributed by atoms with Gasteiger partial charge >= 0.3 is 0 Å². The highest BCUT2D eigenvalue weighted by molar-refractivity contribution is 14.1. The average molecular weight is 383 g/mol. The number of ether oxygens (including phenoxy) is 2. The average Bonchev–Trinajstić information content (AvgIpc) is 2.48. The maximum absolute atomic E-state index is 12.2. The fraction of sp³-hybridized carbons (Fsp3) is 0.133. The van der Waals surface area contributed by atoms with Crippen molar-refractivity contribution < 1.29 is 14.3 Å². The van der Waals surface area contributed by atoms with E-state index in [1.165, 1.54) is 0 Å². The van der Waals surface area contributed by atoms with E-state index in [-0.39, 0.29) is 5.91 Å². The molecule has 0 heterocycles. The van der Waals surface area contributed by atoms with E-state index in [0.717, 1.165) is 9.26 Å². The van der Waals surface area contributed by atoms with Crippen LogP contribution in [0.3, 0.4) is 0 Å². The second kappa shape index (κ2) is 6.60. The Bertz CT molecular complexity index is 611. The molecule has 0 atom stereocenters. The zero-order chi connectivity index (χ0) is 14.5. The fourth-order valence-corrected chi connectivity index (χ4v) is 2.07. The predicted molar refractivity (Wildman–Crippen MR) is 86.7 cm³/mol. The van der Waals surface area contributed by atoms with E-state index in [2.05, 4.69) is 27.9 Å². The van der Waals surface area contributed by atoms with Crippen molar-refractivity contribution in [2.45, 2.75) is 0 Å². The molecular weight excluding hydrogens is 369 g/mol. The third-order valence-corrected chi connectivity index (χ3v) is 3.47. The molecule has 20 heavy (non-hydrogen) atoms. The molecule has 0 saturated carbocycles. The molecule has 0 aromatic heterocycles. The van der Waals surface area contributed by atoms with Gasteiger partial charge in [0, 0.05) is 14.8 Å². The molecule has 4 nitrogen and oxygen atoms in total. The first-order valence-corrected chi connectivity index (χ1v) is 7.01. The van der Waals surface area contributed by atoms with Crippen molar-refractivity contribution in [3.8, 4) is 11.5 Å². The summed E-state index contributed by atoms with van der Waals surface area (Å²) in [7, 11) is 3.10. The Hall–Kier alpha value is -1.76. The van der Waals surface area contributed by atoms with E-state index >= 15 is 0 Å². The van der Waals surface area contributed by atoms with Gasteiger partial charge in [-0.3, -0.25) is 4.79 Å². The quantitative estimate of drug-likeness (QED) is 0.822. The largest absolute Gasteiger partial charge is 0.493 e. The summed E-state index contributed by atoms with van der Waals surface area (Å²) in [5, 5.41) is 2.84. The highest BCUT2D eigenvalue weighted by Crippen LogP contribution is 2.27. The molecule has 0 aliphatic heterocycles. The first kappa shape index (κ1) is 14.6. The summed E-state index contributed by atoms with van der Waals surface area (Å²) in [6, 6.07) is 12.7. The number of carbonyl (C=O) groups is 1. The summed E-state index contributed by atoms with van der Waals surface area (Å²) < 4.78 is 11.4. The molecule has 0 radical (unpaired) electrons. The highest BCUT2D eigenvalue weighted by Gasteiger charge is 2.10. The van der Waals surface area contributed by atoms with E-state index in [1.54, 1.807) is 32.4 Å². The third kappa shape index (κ3) is 3.41. The number of nitrogens with one attached hydrogen (secondary N) is 1. The van der Waals surface area contributed by atoms with Crippen LogP contribution in [0.2, 0.25) is 0 Å². The van der Waals surface area contributed by atoms with Crippen molar-refractivity contribution in [2.75, 3.05) is 19.5 Å². The van der Waals surface area contributed by atoms with Gasteiger partial charge in [-0.15, -0.1) is 0 Å². The smallest absolute Gasteiger partial charge is 0.255 e. The highest BCUT2D eigenvalue weighted by atomic mass is 127. The molecular formula is C15H14INO3. The van der Waals surface area contributed by atoms with Gasteiger partial charge in [0.15, 0.2) is 11.5 Å². The summed E-state index contributed by atoms with van der Waals surface area (Å²) >= 11 is 2.22. The van der Waals surface area contributed by atoms with Crippen molar-refractivity contribution in [3.05, 3.63) is 51.6 Å². The molecule has 0 aliphatic rings. The number of methoxy groups -OCH3 is 2. The number of hydrogen-bond acceptors (Lipinski definition) is 3. The molecule has 0 bridgehead atoms. The maximum atomic E-state index is 12.2. The minimum absolute atomic E-state index is 0.188. The molecule has 0 saturated heterocycles. The molecule has 0 unspecified atom stereocenters. The minimum atomic E-state index is -0.188. The van der Waals surface area contributed by atoms with E-state index in [9.17, 15) is 4.79 Å². The Morgan fingerprint density at radius 1 is 1.00 bits per heavy atom. The lowest BCUT2D eigenvalue weighted by Gasteiger charge is -2.10. The summed E-state index contributed by atoms with van der Waals surface area (Å²) in [4.78, 5) is 12.2. The number of benzene rings is 2. The summed E-state index contributed by atoms with van der Waals surface area (Å²) in [6.45, 7) is 0. The van der Waals surface area contributed by atoms with Crippen LogP contribution in [-0.2, 0) is 0 Å². The molecule has 2 rings (SSSR count). The molecule has 2 aromatic rings. The van der Waals surface area contributed by atoms with Crippen LogP contribution in [0.5, 0.6) is 11.5 Å². The van der Waals surface area contributed by atoms with E-state index in [1.807, 2.05) is 24.3 Å². The zero-order valence-corrected chi connectivity index (χ0v) is 13.3. The van der Waals surface area contributed by atoms with Crippen LogP contribution < -0.4 is 14.8 Å². The Labute approximate surface area is 131 Å². The van der Waals surface area contributed by atoms with Crippen molar-refractivity contribution >= 4 is 34.2 Å². The first-order valence-electron chi connectivity index (χ1n) is 5.93. The second-order valence-electron chi connectivity index (χ2n) is 4.03. The van der Waals surface area contributed by atoms with Crippen molar-refractivity contribution in [1.82, 2.24) is 0 Å². The van der Waals surface area contributed by atoms with Crippen LogP contribution in [0.1, 0.15) is 10.4 Å². The van der Waals surface area contributed by atoms with Gasteiger partial charge < -0.3 is 14.8 Å². The monoisotopic (exact) mass is 383 g/mol. The van der Waals surface area contributed by atoms with E-state index < -0.39 is 0 Å². The molecule has 1 N–H and O–H groups in total. The number of anilines is 1. The molecule has 0 aliphatic carbocycles. The number of rotatable bonds is 4. The van der Waals surface area contributed by atoms with E-state index in [0.29, 0.717) is 17.1 Å². The predicted octanol–water partition coefficient (Wildman–Crippen LogP) is 3.56. The standard InChI is InChI=1S/C15H14INO3/c1-19-13-8-3-10(9-14(13)20-2)15(18)17-12-6-4-11(16)5-7-12/h3-9H,1-2H3,(H,17,18). The summed E-state index contributed by atoms with van der Waals surface area (Å²) in [6.07, 6.45) is 0. The van der Waals surface area contributed by atoms with E-state index in [4.69, 9.17) is 9.47 Å². The Morgan fingerprint density at radius 3 is 2.25 bits per heavy atom. The molecule has 104 valence electrons. The van der Waals surface area contributed by atoms with Gasteiger partial charge in [-0.05, 0) is 65.1 Å². The Kier molecular flexibility index (Phi) is 4.84. The lowest BCUT2D eigenvalue weighted by molar-refractivity contribution is 0.102. The van der Waals surface area contributed by atoms with Gasteiger partial charge in [0.05, 0.1) is 14.2 Å². The van der Waals surface area contributed by atoms with Crippen molar-refractivity contribution in [1.29, 1.82) is 0 Å². The number of amides is 1. The second-order valence-corrected chi connectivity index (χ2v) is 5.28. The van der Waals surface area contributed by atoms with Gasteiger partial charge in [0.1, 0.15) is 0 Å². The van der Waals surface area contributed by atoms with Crippen LogP contribution >= 0.6 is 22.6 Å². The lowest BCUT2D eigenvalue weighted by Crippen LogP contribution is -2.12. The van der Waals surface area contributed by atoms with Gasteiger partial charge in [0.25, 0.3) is 5.91 Å². The number of carbonyl (C=O) groups excluding carboxylic acids is 1. The van der Waals surface area contributed by atoms with Crippen LogP contribution in [0.15, 0.2) is 42.5 Å². The van der Waals surface area contributed by atoms with Crippen molar-refractivity contribution in [3.63, 3.8) is 0 Å². The Balaban J connectivity index is 2.18. The summed E-state index contributed by atoms with van der Waals surface area (Å²) in [5.41, 5.74) is 1.27. The minimum Gasteiger partial charge on any atom is -0.493 e. The van der Waals surface area contributed by atoms with Gasteiger partial charge in [-0.2, -0.15) is 0 Å². The first-order chi connectivity index (χ1) is 9.63. The number of hydrogen-bond donors (Lipinski definition) is 1. The zero-order valence-electron chi connectivity index (χ0n) is 11.1. The third-order valence-electron chi connectivity index (χ3n) is 2.75. The number of halogens is 1. The molecule has 5 heteroatoms. The summed E-state index contributed by atoms with van der Waals surface area (Å²) in [5.74, 6) is 0.938. The van der Waals surface area contributed by atoms with Gasteiger partial charge in [-0.1, -0.05) is 0 Å². The lowest BCUT2D eigenvalue weighted by atomic mass is 10.2. The van der Waals surface area contributed by atoms with Crippen LogP contribution in [0.4, 0.5) is 5.69 Å². The molecule has 2 aromatic carbocycles. The Morgan fingerprint density at radius 2 is 1.65 bits per heavy atom. The normalized spacial score (nSPS) is 9.95. The van der Waals surface area contributed by atoms with Crippen molar-refractivity contribution in [2.24, 2.45) is 0 Å². The van der Waals surface area contributed by atoms with Gasteiger partial charge in [0.2, 0.25) is 0 Å². The SMILES string of the molecule is COc1ccc(C(=O)Nc2ccc(I)cc2)cc1OC.